The highest BCUT2D eigenvalue weighted by atomic mass is 35.5. The van der Waals surface area contributed by atoms with Crippen molar-refractivity contribution in [2.75, 3.05) is 6.54 Å². The van der Waals surface area contributed by atoms with Crippen molar-refractivity contribution in [1.29, 1.82) is 0 Å². The lowest BCUT2D eigenvalue weighted by Gasteiger charge is -2.12. The van der Waals surface area contributed by atoms with Crippen molar-refractivity contribution < 1.29 is 4.79 Å². The number of carbonyl (C=O) groups excluding carboxylic acids is 1. The maximum Gasteiger partial charge on any atom is 0.269 e. The largest absolute Gasteiger partial charge is 0.351 e. The summed E-state index contributed by atoms with van der Waals surface area (Å²) in [5, 5.41) is 4.18. The molecule has 0 saturated heterocycles. The smallest absolute Gasteiger partial charge is 0.269 e. The van der Waals surface area contributed by atoms with E-state index in [4.69, 9.17) is 28.2 Å². The van der Waals surface area contributed by atoms with Crippen molar-refractivity contribution >= 4 is 40.1 Å². The number of hydrogen-bond donors (Lipinski definition) is 1. The Bertz CT molecular complexity index is 1150. The van der Waals surface area contributed by atoms with Crippen LogP contribution in [0.3, 0.4) is 0 Å². The van der Waals surface area contributed by atoms with E-state index in [2.05, 4.69) is 14.9 Å². The second-order valence-corrected chi connectivity index (χ2v) is 7.69. The van der Waals surface area contributed by atoms with Crippen LogP contribution in [0.5, 0.6) is 0 Å². The Morgan fingerprint density at radius 2 is 1.73 bits per heavy atom. The fourth-order valence-corrected chi connectivity index (χ4v) is 3.89. The molecule has 152 valence electrons. The second-order valence-electron chi connectivity index (χ2n) is 6.88. The Morgan fingerprint density at radius 3 is 2.50 bits per heavy atom. The summed E-state index contributed by atoms with van der Waals surface area (Å²) in [7, 11) is 0. The highest BCUT2D eigenvalue weighted by molar-refractivity contribution is 6.36. The number of nitrogens with zero attached hydrogens (tertiary/aromatic N) is 3. The number of amides is 1. The van der Waals surface area contributed by atoms with E-state index in [9.17, 15) is 4.79 Å². The SMILES string of the molecule is O=C(NCCCc1nc2ccccc2n1Cc1c(Cl)cccc1Cl)c1ccccn1. The van der Waals surface area contributed by atoms with E-state index in [-0.39, 0.29) is 5.91 Å². The molecule has 0 aliphatic heterocycles. The first-order chi connectivity index (χ1) is 14.6. The zero-order chi connectivity index (χ0) is 20.9. The van der Waals surface area contributed by atoms with Gasteiger partial charge in [0.15, 0.2) is 0 Å². The molecule has 2 aromatic heterocycles. The number of benzene rings is 2. The number of imidazole rings is 1. The van der Waals surface area contributed by atoms with Gasteiger partial charge in [-0.05, 0) is 42.8 Å². The molecule has 4 rings (SSSR count). The highest BCUT2D eigenvalue weighted by Crippen LogP contribution is 2.27. The van der Waals surface area contributed by atoms with Gasteiger partial charge < -0.3 is 9.88 Å². The third-order valence-corrected chi connectivity index (χ3v) is 5.58. The Hall–Kier alpha value is -2.89. The van der Waals surface area contributed by atoms with Crippen LogP contribution < -0.4 is 5.32 Å². The number of rotatable bonds is 7. The molecule has 1 N–H and O–H groups in total. The first-order valence-electron chi connectivity index (χ1n) is 9.70. The predicted octanol–water partition coefficient (Wildman–Crippen LogP) is 5.15. The molecule has 5 nitrogen and oxygen atoms in total. The van der Waals surface area contributed by atoms with E-state index in [0.29, 0.717) is 35.2 Å². The lowest BCUT2D eigenvalue weighted by molar-refractivity contribution is 0.0948. The molecule has 2 heterocycles. The molecule has 0 unspecified atom stereocenters. The summed E-state index contributed by atoms with van der Waals surface area (Å²) in [5.41, 5.74) is 3.24. The predicted molar refractivity (Wildman–Crippen MR) is 120 cm³/mol. The molecular weight excluding hydrogens is 419 g/mol. The molecule has 0 aliphatic rings. The van der Waals surface area contributed by atoms with Gasteiger partial charge >= 0.3 is 0 Å². The molecule has 30 heavy (non-hydrogen) atoms. The highest BCUT2D eigenvalue weighted by Gasteiger charge is 2.14. The molecule has 4 aromatic rings. The van der Waals surface area contributed by atoms with Gasteiger partial charge in [0.2, 0.25) is 0 Å². The van der Waals surface area contributed by atoms with Crippen molar-refractivity contribution in [3.63, 3.8) is 0 Å². The van der Waals surface area contributed by atoms with Gasteiger partial charge in [0.25, 0.3) is 5.91 Å². The fourth-order valence-electron chi connectivity index (χ4n) is 3.37. The topological polar surface area (TPSA) is 59.8 Å². The van der Waals surface area contributed by atoms with Gasteiger partial charge in [-0.1, -0.05) is 47.5 Å². The van der Waals surface area contributed by atoms with Crippen LogP contribution in [0.25, 0.3) is 11.0 Å². The van der Waals surface area contributed by atoms with Crippen molar-refractivity contribution in [3.8, 4) is 0 Å². The molecule has 0 spiro atoms. The summed E-state index contributed by atoms with van der Waals surface area (Å²) >= 11 is 12.8. The third kappa shape index (κ3) is 4.48. The standard InChI is InChI=1S/C23H20Cl2N4O/c24-17-7-5-8-18(25)16(17)15-29-21-11-2-1-9-19(21)28-22(29)12-6-14-27-23(30)20-10-3-4-13-26-20/h1-5,7-11,13H,6,12,14-15H2,(H,27,30). The van der Waals surface area contributed by atoms with Gasteiger partial charge in [-0.3, -0.25) is 9.78 Å². The zero-order valence-corrected chi connectivity index (χ0v) is 17.7. The summed E-state index contributed by atoms with van der Waals surface area (Å²) in [6.45, 7) is 1.07. The fraction of sp³-hybridized carbons (Fsp3) is 0.174. The van der Waals surface area contributed by atoms with Crippen LogP contribution >= 0.6 is 23.2 Å². The third-order valence-electron chi connectivity index (χ3n) is 4.87. The lowest BCUT2D eigenvalue weighted by Crippen LogP contribution is -2.25. The minimum absolute atomic E-state index is 0.174. The number of halogens is 2. The van der Waals surface area contributed by atoms with Gasteiger partial charge in [0.1, 0.15) is 11.5 Å². The monoisotopic (exact) mass is 438 g/mol. The van der Waals surface area contributed by atoms with Crippen LogP contribution in [0.15, 0.2) is 66.9 Å². The number of hydrogen-bond acceptors (Lipinski definition) is 3. The van der Waals surface area contributed by atoms with Gasteiger partial charge in [-0.2, -0.15) is 0 Å². The van der Waals surface area contributed by atoms with E-state index in [1.807, 2.05) is 42.5 Å². The van der Waals surface area contributed by atoms with Crippen molar-refractivity contribution in [1.82, 2.24) is 19.9 Å². The van der Waals surface area contributed by atoms with Crippen molar-refractivity contribution in [3.05, 3.63) is 94.0 Å². The van der Waals surface area contributed by atoms with Crippen LogP contribution in [-0.4, -0.2) is 27.0 Å². The molecule has 0 fully saturated rings. The van der Waals surface area contributed by atoms with Gasteiger partial charge in [0, 0.05) is 34.8 Å². The quantitative estimate of drug-likeness (QED) is 0.405. The van der Waals surface area contributed by atoms with Crippen LogP contribution in [0.2, 0.25) is 10.0 Å². The average molecular weight is 439 g/mol. The van der Waals surface area contributed by atoms with Gasteiger partial charge in [-0.15, -0.1) is 0 Å². The molecule has 7 heteroatoms. The Labute approximate surface area is 184 Å². The summed E-state index contributed by atoms with van der Waals surface area (Å²) in [6, 6.07) is 18.8. The molecular formula is C23H20Cl2N4O. The first-order valence-corrected chi connectivity index (χ1v) is 10.5. The average Bonchev–Trinajstić information content (AvgIpc) is 3.11. The molecule has 0 saturated carbocycles. The van der Waals surface area contributed by atoms with Gasteiger partial charge in [0.05, 0.1) is 17.6 Å². The number of pyridine rings is 1. The van der Waals surface area contributed by atoms with Crippen molar-refractivity contribution in [2.45, 2.75) is 19.4 Å². The van der Waals surface area contributed by atoms with E-state index in [0.717, 1.165) is 28.8 Å². The van der Waals surface area contributed by atoms with Crippen LogP contribution in [0, 0.1) is 0 Å². The number of aryl methyl sites for hydroxylation is 1. The summed E-state index contributed by atoms with van der Waals surface area (Å²) in [5.74, 6) is 0.756. The number of nitrogens with one attached hydrogen (secondary N) is 1. The molecule has 1 amide bonds. The summed E-state index contributed by atoms with van der Waals surface area (Å²) in [6.07, 6.45) is 3.06. The van der Waals surface area contributed by atoms with Crippen LogP contribution in [0.4, 0.5) is 0 Å². The van der Waals surface area contributed by atoms with E-state index < -0.39 is 0 Å². The van der Waals surface area contributed by atoms with E-state index in [1.54, 1.807) is 24.4 Å². The van der Waals surface area contributed by atoms with Crippen LogP contribution in [-0.2, 0) is 13.0 Å². The summed E-state index contributed by atoms with van der Waals surface area (Å²) < 4.78 is 2.14. The second kappa shape index (κ2) is 9.28. The van der Waals surface area contributed by atoms with E-state index >= 15 is 0 Å². The Kier molecular flexibility index (Phi) is 6.31. The minimum Gasteiger partial charge on any atom is -0.351 e. The summed E-state index contributed by atoms with van der Waals surface area (Å²) in [4.78, 5) is 21.0. The Morgan fingerprint density at radius 1 is 0.967 bits per heavy atom. The van der Waals surface area contributed by atoms with Crippen LogP contribution in [0.1, 0.15) is 28.3 Å². The lowest BCUT2D eigenvalue weighted by atomic mass is 10.2. The zero-order valence-electron chi connectivity index (χ0n) is 16.2. The molecule has 0 atom stereocenters. The van der Waals surface area contributed by atoms with Crippen molar-refractivity contribution in [2.24, 2.45) is 0 Å². The number of fused-ring (bicyclic) bond motifs is 1. The first kappa shape index (κ1) is 20.4. The molecule has 0 aliphatic carbocycles. The number of para-hydroxylation sites is 2. The maximum atomic E-state index is 12.2. The van der Waals surface area contributed by atoms with Gasteiger partial charge in [-0.25, -0.2) is 4.98 Å². The Balaban J connectivity index is 1.50. The molecule has 2 aromatic carbocycles. The maximum absolute atomic E-state index is 12.2. The molecule has 0 bridgehead atoms. The number of aromatic nitrogens is 3. The van der Waals surface area contributed by atoms with E-state index in [1.165, 1.54) is 0 Å². The minimum atomic E-state index is -0.174. The normalized spacial score (nSPS) is 11.0. The molecule has 0 radical (unpaired) electrons. The number of carbonyl (C=O) groups is 1.